The van der Waals surface area contributed by atoms with Crippen molar-refractivity contribution < 1.29 is 9.47 Å². The van der Waals surface area contributed by atoms with Crippen LogP contribution < -0.4 is 14.8 Å². The van der Waals surface area contributed by atoms with Crippen molar-refractivity contribution in [3.63, 3.8) is 0 Å². The Balaban J connectivity index is 1.63. The van der Waals surface area contributed by atoms with Crippen LogP contribution in [-0.2, 0) is 0 Å². The maximum Gasteiger partial charge on any atom is 0.119 e. The van der Waals surface area contributed by atoms with Crippen LogP contribution >= 0.6 is 0 Å². The first kappa shape index (κ1) is 16.1. The molecule has 4 heteroatoms. The van der Waals surface area contributed by atoms with E-state index in [0.29, 0.717) is 6.61 Å². The monoisotopic (exact) mass is 292 g/mol. The molecule has 118 valence electrons. The van der Waals surface area contributed by atoms with Crippen LogP contribution in [0.5, 0.6) is 11.5 Å². The number of piperidine rings is 1. The van der Waals surface area contributed by atoms with Gasteiger partial charge in [0.1, 0.15) is 18.1 Å². The molecule has 1 saturated heterocycles. The third-order valence-electron chi connectivity index (χ3n) is 3.91. The lowest BCUT2D eigenvalue weighted by Gasteiger charge is -2.27. The second-order valence-electron chi connectivity index (χ2n) is 5.71. The van der Waals surface area contributed by atoms with E-state index in [9.17, 15) is 0 Å². The van der Waals surface area contributed by atoms with Gasteiger partial charge >= 0.3 is 0 Å². The molecule has 0 aliphatic carbocycles. The Bertz CT molecular complexity index is 388. The molecule has 0 saturated carbocycles. The third-order valence-corrected chi connectivity index (χ3v) is 3.91. The fourth-order valence-corrected chi connectivity index (χ4v) is 2.71. The number of benzene rings is 1. The van der Waals surface area contributed by atoms with Crippen LogP contribution in [0.4, 0.5) is 0 Å². The number of nitrogens with zero attached hydrogens (tertiary/aromatic N) is 1. The molecule has 0 radical (unpaired) electrons. The van der Waals surface area contributed by atoms with Crippen LogP contribution in [0.25, 0.3) is 0 Å². The van der Waals surface area contributed by atoms with E-state index < -0.39 is 0 Å². The first-order chi connectivity index (χ1) is 10.3. The summed E-state index contributed by atoms with van der Waals surface area (Å²) >= 11 is 0. The molecule has 0 unspecified atom stereocenters. The number of hydrogen-bond acceptors (Lipinski definition) is 4. The predicted octanol–water partition coefficient (Wildman–Crippen LogP) is 2.40. The lowest BCUT2D eigenvalue weighted by Crippen LogP contribution is -2.36. The highest BCUT2D eigenvalue weighted by Gasteiger charge is 2.14. The summed E-state index contributed by atoms with van der Waals surface area (Å²) in [5.74, 6) is 2.64. The summed E-state index contributed by atoms with van der Waals surface area (Å²) in [6, 6.07) is 7.85. The Morgan fingerprint density at radius 3 is 2.33 bits per heavy atom. The molecule has 4 nitrogen and oxygen atoms in total. The summed E-state index contributed by atoms with van der Waals surface area (Å²) < 4.78 is 11.2. The molecule has 21 heavy (non-hydrogen) atoms. The van der Waals surface area contributed by atoms with Crippen molar-refractivity contribution in [2.24, 2.45) is 5.92 Å². The molecular formula is C17H28N2O2. The molecule has 0 bridgehead atoms. The van der Waals surface area contributed by atoms with Gasteiger partial charge in [-0.1, -0.05) is 0 Å². The largest absolute Gasteiger partial charge is 0.494 e. The van der Waals surface area contributed by atoms with Crippen LogP contribution in [0.2, 0.25) is 0 Å². The minimum atomic E-state index is 0.696. The smallest absolute Gasteiger partial charge is 0.119 e. The van der Waals surface area contributed by atoms with Gasteiger partial charge in [0.2, 0.25) is 0 Å². The van der Waals surface area contributed by atoms with Crippen LogP contribution in [-0.4, -0.2) is 51.3 Å². The topological polar surface area (TPSA) is 33.7 Å². The van der Waals surface area contributed by atoms with Crippen molar-refractivity contribution in [2.75, 3.05) is 46.4 Å². The number of rotatable bonds is 8. The highest BCUT2D eigenvalue weighted by atomic mass is 16.5. The van der Waals surface area contributed by atoms with Gasteiger partial charge in [0.25, 0.3) is 0 Å². The first-order valence-corrected chi connectivity index (χ1v) is 8.03. The Morgan fingerprint density at radius 1 is 1.10 bits per heavy atom. The van der Waals surface area contributed by atoms with Gasteiger partial charge in [-0.3, -0.25) is 0 Å². The summed E-state index contributed by atoms with van der Waals surface area (Å²) in [4.78, 5) is 2.38. The summed E-state index contributed by atoms with van der Waals surface area (Å²) in [6.07, 6.45) is 2.59. The number of ether oxygens (including phenoxy) is 2. The van der Waals surface area contributed by atoms with Gasteiger partial charge in [-0.2, -0.15) is 0 Å². The molecule has 0 aromatic heterocycles. The van der Waals surface area contributed by atoms with Crippen LogP contribution in [0.1, 0.15) is 19.8 Å². The Morgan fingerprint density at radius 2 is 1.71 bits per heavy atom. The molecule has 0 amide bonds. The molecule has 0 spiro atoms. The Kier molecular flexibility index (Phi) is 6.83. The van der Waals surface area contributed by atoms with Gasteiger partial charge in [-0.15, -0.1) is 0 Å². The summed E-state index contributed by atoms with van der Waals surface area (Å²) in [7, 11) is 2.18. The average molecular weight is 292 g/mol. The zero-order valence-corrected chi connectivity index (χ0v) is 13.3. The maximum atomic E-state index is 5.79. The van der Waals surface area contributed by atoms with E-state index in [2.05, 4.69) is 17.3 Å². The molecule has 1 aromatic carbocycles. The third kappa shape index (κ3) is 5.94. The van der Waals surface area contributed by atoms with E-state index in [1.807, 2.05) is 31.2 Å². The van der Waals surface area contributed by atoms with Gasteiger partial charge < -0.3 is 19.7 Å². The van der Waals surface area contributed by atoms with Crippen LogP contribution in [0.3, 0.4) is 0 Å². The molecule has 1 aliphatic heterocycles. The van der Waals surface area contributed by atoms with Crippen molar-refractivity contribution >= 4 is 0 Å². The number of likely N-dealkylation sites (N-methyl/N-ethyl adjacent to an activating group) is 1. The van der Waals surface area contributed by atoms with Gasteiger partial charge in [-0.05, 0) is 70.1 Å². The fourth-order valence-electron chi connectivity index (χ4n) is 2.71. The lowest BCUT2D eigenvalue weighted by atomic mass is 9.98. The quantitative estimate of drug-likeness (QED) is 0.798. The zero-order chi connectivity index (χ0) is 14.9. The highest BCUT2D eigenvalue weighted by Crippen LogP contribution is 2.17. The minimum Gasteiger partial charge on any atom is -0.494 e. The summed E-state index contributed by atoms with van der Waals surface area (Å²) in [5.41, 5.74) is 0. The van der Waals surface area contributed by atoms with Gasteiger partial charge in [0, 0.05) is 13.1 Å². The fraction of sp³-hybridized carbons (Fsp3) is 0.647. The molecule has 0 atom stereocenters. The van der Waals surface area contributed by atoms with Gasteiger partial charge in [0.05, 0.1) is 6.61 Å². The van der Waals surface area contributed by atoms with E-state index >= 15 is 0 Å². The van der Waals surface area contributed by atoms with E-state index in [1.165, 1.54) is 32.5 Å². The average Bonchev–Trinajstić information content (AvgIpc) is 2.50. The first-order valence-electron chi connectivity index (χ1n) is 8.03. The van der Waals surface area contributed by atoms with Crippen molar-refractivity contribution in [1.29, 1.82) is 0 Å². The highest BCUT2D eigenvalue weighted by molar-refractivity contribution is 5.31. The molecule has 1 aromatic rings. The van der Waals surface area contributed by atoms with Crippen LogP contribution in [0.15, 0.2) is 24.3 Å². The van der Waals surface area contributed by atoms with E-state index in [1.54, 1.807) is 0 Å². The molecule has 1 aliphatic rings. The van der Waals surface area contributed by atoms with Crippen molar-refractivity contribution in [3.05, 3.63) is 24.3 Å². The van der Waals surface area contributed by atoms with Crippen molar-refractivity contribution in [1.82, 2.24) is 10.2 Å². The van der Waals surface area contributed by atoms with Gasteiger partial charge in [0.15, 0.2) is 0 Å². The van der Waals surface area contributed by atoms with Crippen molar-refractivity contribution in [3.8, 4) is 11.5 Å². The van der Waals surface area contributed by atoms with Gasteiger partial charge in [-0.25, -0.2) is 0 Å². The summed E-state index contributed by atoms with van der Waals surface area (Å²) in [5, 5.41) is 3.41. The summed E-state index contributed by atoms with van der Waals surface area (Å²) in [6.45, 7) is 7.90. The second-order valence-corrected chi connectivity index (χ2v) is 5.71. The Labute approximate surface area is 128 Å². The second kappa shape index (κ2) is 8.90. The molecule has 2 rings (SSSR count). The van der Waals surface area contributed by atoms with E-state index in [0.717, 1.165) is 30.6 Å². The number of nitrogens with one attached hydrogen (secondary N) is 1. The SMILES string of the molecule is CCOc1ccc(OCCN(C)CC2CCNCC2)cc1. The van der Waals surface area contributed by atoms with Crippen molar-refractivity contribution in [2.45, 2.75) is 19.8 Å². The predicted molar refractivity (Wildman–Crippen MR) is 86.2 cm³/mol. The van der Waals surface area contributed by atoms with Crippen LogP contribution in [0, 0.1) is 5.92 Å². The van der Waals surface area contributed by atoms with E-state index in [-0.39, 0.29) is 0 Å². The molecule has 1 fully saturated rings. The normalized spacial score (nSPS) is 16.1. The number of hydrogen-bond donors (Lipinski definition) is 1. The molecule has 1 heterocycles. The maximum absolute atomic E-state index is 5.79. The molecular weight excluding hydrogens is 264 g/mol. The van der Waals surface area contributed by atoms with E-state index in [4.69, 9.17) is 9.47 Å². The Hall–Kier alpha value is -1.26. The minimum absolute atomic E-state index is 0.696. The molecule has 1 N–H and O–H groups in total. The lowest BCUT2D eigenvalue weighted by molar-refractivity contribution is 0.199. The standard InChI is InChI=1S/C17H28N2O2/c1-3-20-16-4-6-17(7-5-16)21-13-12-19(2)14-15-8-10-18-11-9-15/h4-7,15,18H,3,8-14H2,1-2H3. The zero-order valence-electron chi connectivity index (χ0n) is 13.3.